The number of aromatic nitrogens is 2. The first-order chi connectivity index (χ1) is 7.84. The number of ether oxygens (including phenoxy) is 1. The van der Waals surface area contributed by atoms with Gasteiger partial charge in [0.05, 0.1) is 12.0 Å². The molecule has 88 valence electrons. The Morgan fingerprint density at radius 3 is 2.81 bits per heavy atom. The van der Waals surface area contributed by atoms with E-state index in [1.165, 1.54) is 0 Å². The molecule has 0 bridgehead atoms. The minimum atomic E-state index is -0.321. The lowest BCUT2D eigenvalue weighted by atomic mass is 10.1. The summed E-state index contributed by atoms with van der Waals surface area (Å²) in [7, 11) is 0. The van der Waals surface area contributed by atoms with Gasteiger partial charge in [0.1, 0.15) is 6.10 Å². The predicted octanol–water partition coefficient (Wildman–Crippen LogP) is 1.55. The second-order valence-electron chi connectivity index (χ2n) is 4.60. The fourth-order valence-corrected chi connectivity index (χ4v) is 2.54. The molecule has 2 aliphatic rings. The van der Waals surface area contributed by atoms with Gasteiger partial charge >= 0.3 is 0 Å². The SMILES string of the molecule is OC1CCCC1c1nc(C2CCCO2)no1. The Kier molecular flexibility index (Phi) is 2.65. The van der Waals surface area contributed by atoms with Crippen LogP contribution in [0, 0.1) is 0 Å². The summed E-state index contributed by atoms with van der Waals surface area (Å²) in [5.41, 5.74) is 0. The molecule has 1 aliphatic carbocycles. The molecule has 1 saturated carbocycles. The topological polar surface area (TPSA) is 68.4 Å². The minimum absolute atomic E-state index is 0.00366. The van der Waals surface area contributed by atoms with E-state index in [2.05, 4.69) is 10.1 Å². The lowest BCUT2D eigenvalue weighted by Crippen LogP contribution is -2.11. The van der Waals surface area contributed by atoms with Crippen LogP contribution in [0.1, 0.15) is 55.8 Å². The lowest BCUT2D eigenvalue weighted by molar-refractivity contribution is 0.103. The quantitative estimate of drug-likeness (QED) is 0.825. The van der Waals surface area contributed by atoms with Gasteiger partial charge in [0.15, 0.2) is 0 Å². The summed E-state index contributed by atoms with van der Waals surface area (Å²) in [5, 5.41) is 13.7. The highest BCUT2D eigenvalue weighted by Gasteiger charge is 2.32. The van der Waals surface area contributed by atoms with Crippen molar-refractivity contribution in [2.75, 3.05) is 6.61 Å². The summed E-state index contributed by atoms with van der Waals surface area (Å²) in [6, 6.07) is 0. The molecular weight excluding hydrogens is 208 g/mol. The summed E-state index contributed by atoms with van der Waals surface area (Å²) in [5.74, 6) is 1.25. The van der Waals surface area contributed by atoms with Crippen molar-refractivity contribution >= 4 is 0 Å². The highest BCUT2D eigenvalue weighted by atomic mass is 16.5. The van der Waals surface area contributed by atoms with Gasteiger partial charge in [0, 0.05) is 6.61 Å². The third kappa shape index (κ3) is 1.74. The van der Waals surface area contributed by atoms with Gasteiger partial charge in [0.25, 0.3) is 0 Å². The van der Waals surface area contributed by atoms with Crippen LogP contribution in [0.15, 0.2) is 4.52 Å². The number of aliphatic hydroxyl groups is 1. The van der Waals surface area contributed by atoms with E-state index in [-0.39, 0.29) is 18.1 Å². The number of nitrogens with zero attached hydrogens (tertiary/aromatic N) is 2. The normalized spacial score (nSPS) is 34.7. The molecule has 0 aromatic carbocycles. The molecule has 2 fully saturated rings. The van der Waals surface area contributed by atoms with E-state index >= 15 is 0 Å². The lowest BCUT2D eigenvalue weighted by Gasteiger charge is -2.08. The molecule has 5 nitrogen and oxygen atoms in total. The molecule has 2 heterocycles. The highest BCUT2D eigenvalue weighted by molar-refractivity contribution is 5.02. The summed E-state index contributed by atoms with van der Waals surface area (Å²) in [4.78, 5) is 4.36. The van der Waals surface area contributed by atoms with Crippen LogP contribution in [-0.2, 0) is 4.74 Å². The molecule has 16 heavy (non-hydrogen) atoms. The minimum Gasteiger partial charge on any atom is -0.392 e. The summed E-state index contributed by atoms with van der Waals surface area (Å²) >= 11 is 0. The Labute approximate surface area is 93.8 Å². The molecule has 0 spiro atoms. The molecule has 3 unspecified atom stereocenters. The van der Waals surface area contributed by atoms with Crippen LogP contribution in [0.5, 0.6) is 0 Å². The molecule has 1 saturated heterocycles. The average Bonchev–Trinajstić information content (AvgIpc) is 2.96. The van der Waals surface area contributed by atoms with Crippen LogP contribution in [0.3, 0.4) is 0 Å². The van der Waals surface area contributed by atoms with Gasteiger partial charge in [-0.05, 0) is 32.1 Å². The van der Waals surface area contributed by atoms with E-state index in [1.54, 1.807) is 0 Å². The van der Waals surface area contributed by atoms with Crippen molar-refractivity contribution < 1.29 is 14.4 Å². The first-order valence-corrected chi connectivity index (χ1v) is 5.98. The summed E-state index contributed by atoms with van der Waals surface area (Å²) < 4.78 is 10.7. The fraction of sp³-hybridized carbons (Fsp3) is 0.818. The molecule has 1 aromatic heterocycles. The smallest absolute Gasteiger partial charge is 0.232 e. The highest BCUT2D eigenvalue weighted by Crippen LogP contribution is 2.35. The molecule has 1 aromatic rings. The Morgan fingerprint density at radius 2 is 2.12 bits per heavy atom. The Bertz CT molecular complexity index is 360. The maximum atomic E-state index is 9.76. The van der Waals surface area contributed by atoms with Crippen molar-refractivity contribution in [2.24, 2.45) is 0 Å². The first-order valence-electron chi connectivity index (χ1n) is 5.98. The van der Waals surface area contributed by atoms with Gasteiger partial charge < -0.3 is 14.4 Å². The Hall–Kier alpha value is -0.940. The third-order valence-corrected chi connectivity index (χ3v) is 3.47. The zero-order valence-corrected chi connectivity index (χ0v) is 9.13. The second kappa shape index (κ2) is 4.14. The van der Waals surface area contributed by atoms with Gasteiger partial charge in [0.2, 0.25) is 11.7 Å². The van der Waals surface area contributed by atoms with E-state index in [9.17, 15) is 5.11 Å². The standard InChI is InChI=1S/C11H16N2O3/c14-8-4-1-3-7(8)11-12-10(13-16-11)9-5-2-6-15-9/h7-9,14H,1-6H2. The molecule has 3 rings (SSSR count). The van der Waals surface area contributed by atoms with Crippen LogP contribution in [-0.4, -0.2) is 28.0 Å². The van der Waals surface area contributed by atoms with Crippen molar-refractivity contribution in [3.05, 3.63) is 11.7 Å². The second-order valence-corrected chi connectivity index (χ2v) is 4.60. The van der Waals surface area contributed by atoms with Gasteiger partial charge in [-0.15, -0.1) is 0 Å². The molecular formula is C11H16N2O3. The summed E-state index contributed by atoms with van der Waals surface area (Å²) in [6.45, 7) is 0.778. The van der Waals surface area contributed by atoms with E-state index in [0.29, 0.717) is 11.7 Å². The van der Waals surface area contributed by atoms with Gasteiger partial charge in [-0.3, -0.25) is 0 Å². The number of aliphatic hydroxyl groups excluding tert-OH is 1. The van der Waals surface area contributed by atoms with E-state index in [1.807, 2.05) is 0 Å². The van der Waals surface area contributed by atoms with Crippen LogP contribution >= 0.6 is 0 Å². The van der Waals surface area contributed by atoms with Crippen LogP contribution < -0.4 is 0 Å². The molecule has 1 N–H and O–H groups in total. The zero-order chi connectivity index (χ0) is 11.0. The van der Waals surface area contributed by atoms with Crippen molar-refractivity contribution in [3.63, 3.8) is 0 Å². The predicted molar refractivity (Wildman–Crippen MR) is 54.8 cm³/mol. The molecule has 0 radical (unpaired) electrons. The van der Waals surface area contributed by atoms with Crippen molar-refractivity contribution in [3.8, 4) is 0 Å². The van der Waals surface area contributed by atoms with E-state index in [4.69, 9.17) is 9.26 Å². The molecule has 3 atom stereocenters. The van der Waals surface area contributed by atoms with Crippen LogP contribution in [0.4, 0.5) is 0 Å². The van der Waals surface area contributed by atoms with Crippen molar-refractivity contribution in [1.82, 2.24) is 10.1 Å². The summed E-state index contributed by atoms with van der Waals surface area (Å²) in [6.07, 6.45) is 4.50. The number of hydrogen-bond donors (Lipinski definition) is 1. The first kappa shape index (κ1) is 10.2. The number of hydrogen-bond acceptors (Lipinski definition) is 5. The fourth-order valence-electron chi connectivity index (χ4n) is 2.54. The van der Waals surface area contributed by atoms with Gasteiger partial charge in [-0.2, -0.15) is 4.98 Å². The van der Waals surface area contributed by atoms with Gasteiger partial charge in [-0.25, -0.2) is 0 Å². The van der Waals surface area contributed by atoms with Crippen molar-refractivity contribution in [2.45, 2.75) is 50.2 Å². The van der Waals surface area contributed by atoms with Gasteiger partial charge in [-0.1, -0.05) is 5.16 Å². The van der Waals surface area contributed by atoms with Crippen LogP contribution in [0.25, 0.3) is 0 Å². The van der Waals surface area contributed by atoms with Crippen LogP contribution in [0.2, 0.25) is 0 Å². The molecule has 5 heteroatoms. The number of rotatable bonds is 2. The molecule has 0 amide bonds. The van der Waals surface area contributed by atoms with E-state index in [0.717, 1.165) is 38.7 Å². The Morgan fingerprint density at radius 1 is 1.19 bits per heavy atom. The largest absolute Gasteiger partial charge is 0.392 e. The monoisotopic (exact) mass is 224 g/mol. The zero-order valence-electron chi connectivity index (χ0n) is 9.13. The maximum absolute atomic E-state index is 9.76. The Balaban J connectivity index is 1.76. The third-order valence-electron chi connectivity index (χ3n) is 3.47. The molecule has 1 aliphatic heterocycles. The average molecular weight is 224 g/mol. The maximum Gasteiger partial charge on any atom is 0.232 e. The van der Waals surface area contributed by atoms with Crippen molar-refractivity contribution in [1.29, 1.82) is 0 Å². The van der Waals surface area contributed by atoms with E-state index < -0.39 is 0 Å².